The predicted octanol–water partition coefficient (Wildman–Crippen LogP) is 6.26. The first-order chi connectivity index (χ1) is 20.0. The van der Waals surface area contributed by atoms with Gasteiger partial charge < -0.3 is 30.5 Å². The topological polar surface area (TPSA) is 126 Å². The van der Waals surface area contributed by atoms with E-state index in [9.17, 15) is 19.5 Å². The molecule has 224 valence electrons. The van der Waals surface area contributed by atoms with Crippen molar-refractivity contribution >= 4 is 87.1 Å². The van der Waals surface area contributed by atoms with Gasteiger partial charge in [-0.25, -0.2) is 0 Å². The maximum Gasteiger partial charge on any atom is 0.247 e. The van der Waals surface area contributed by atoms with Gasteiger partial charge in [-0.05, 0) is 118 Å². The number of amides is 3. The van der Waals surface area contributed by atoms with Crippen LogP contribution in [0.15, 0.2) is 66.4 Å². The highest BCUT2D eigenvalue weighted by Gasteiger charge is 2.23. The fraction of sp³-hybridized carbons (Fsp3) is 0.276. The van der Waals surface area contributed by atoms with Crippen LogP contribution in [0.3, 0.4) is 0 Å². The van der Waals surface area contributed by atoms with Gasteiger partial charge >= 0.3 is 0 Å². The summed E-state index contributed by atoms with van der Waals surface area (Å²) >= 11 is 13.5. The zero-order valence-corrected chi connectivity index (χ0v) is 29.1. The van der Waals surface area contributed by atoms with Gasteiger partial charge in [0.05, 0.1) is 38.0 Å². The Morgan fingerprint density at radius 2 is 1.52 bits per heavy atom. The van der Waals surface area contributed by atoms with E-state index in [1.54, 1.807) is 43.5 Å². The van der Waals surface area contributed by atoms with E-state index >= 15 is 0 Å². The number of carbonyl (C=O) groups excluding carboxylic acids is 3. The number of hydrogen-bond donors (Lipinski definition) is 4. The van der Waals surface area contributed by atoms with E-state index in [-0.39, 0.29) is 30.4 Å². The van der Waals surface area contributed by atoms with Crippen LogP contribution < -0.4 is 25.4 Å². The summed E-state index contributed by atoms with van der Waals surface area (Å²) in [6, 6.07) is 13.0. The van der Waals surface area contributed by atoms with Crippen molar-refractivity contribution in [2.24, 2.45) is 0 Å². The van der Waals surface area contributed by atoms with E-state index in [0.717, 1.165) is 11.1 Å². The molecule has 0 unspecified atom stereocenters. The van der Waals surface area contributed by atoms with E-state index in [1.807, 2.05) is 12.1 Å². The zero-order chi connectivity index (χ0) is 30.8. The average molecular weight is 835 g/mol. The number of hydrogen-bond acceptors (Lipinski definition) is 6. The molecule has 0 saturated carbocycles. The van der Waals surface area contributed by atoms with Gasteiger partial charge in [-0.1, -0.05) is 12.1 Å². The highest BCUT2D eigenvalue weighted by Crippen LogP contribution is 2.36. The standard InChI is InChI=1S/C29H29Br4N3O6/c1-16(37)34-8-3-9-42-20-6-4-17(5-7-20)13-26(38)36-25(12-18-10-23(32)28(41-2)24(33)11-18)29(40)35-19-14-21(30)27(39)22(31)15-19/h4-7,10-11,14-15,25,39H,3,8-9,12-13H2,1-2H3,(H,34,37)(H,35,40)(H,36,38)/t25-/m0/s1. The fourth-order valence-corrected chi connectivity index (χ4v) is 6.69. The minimum absolute atomic E-state index is 0.00666. The number of anilines is 1. The van der Waals surface area contributed by atoms with Crippen molar-refractivity contribution in [3.63, 3.8) is 0 Å². The van der Waals surface area contributed by atoms with E-state index in [4.69, 9.17) is 9.47 Å². The van der Waals surface area contributed by atoms with Crippen molar-refractivity contribution in [3.8, 4) is 17.2 Å². The van der Waals surface area contributed by atoms with Crippen molar-refractivity contribution in [1.82, 2.24) is 10.6 Å². The number of nitrogens with one attached hydrogen (secondary N) is 3. The van der Waals surface area contributed by atoms with E-state index in [0.29, 0.717) is 54.6 Å². The number of rotatable bonds is 13. The molecule has 0 saturated heterocycles. The molecule has 0 heterocycles. The van der Waals surface area contributed by atoms with Gasteiger partial charge in [0.15, 0.2) is 0 Å². The average Bonchev–Trinajstić information content (AvgIpc) is 2.91. The molecule has 0 aliphatic heterocycles. The second-order valence-corrected chi connectivity index (χ2v) is 12.6. The maximum atomic E-state index is 13.4. The Bertz CT molecular complexity index is 1390. The Morgan fingerprint density at radius 1 is 0.905 bits per heavy atom. The molecule has 3 aromatic carbocycles. The third-order valence-electron chi connectivity index (χ3n) is 5.89. The minimum Gasteiger partial charge on any atom is -0.506 e. The lowest BCUT2D eigenvalue weighted by Gasteiger charge is -2.20. The molecule has 0 fully saturated rings. The molecule has 13 heteroatoms. The molecular formula is C29H29Br4N3O6. The lowest BCUT2D eigenvalue weighted by atomic mass is 10.0. The summed E-state index contributed by atoms with van der Waals surface area (Å²) in [5.41, 5.74) is 1.96. The van der Waals surface area contributed by atoms with Crippen LogP contribution in [-0.2, 0) is 27.2 Å². The highest BCUT2D eigenvalue weighted by atomic mass is 79.9. The van der Waals surface area contributed by atoms with Crippen LogP contribution in [0.5, 0.6) is 17.2 Å². The molecule has 42 heavy (non-hydrogen) atoms. The number of phenolic OH excluding ortho intramolecular Hbond substituents is 1. The first-order valence-electron chi connectivity index (χ1n) is 12.7. The summed E-state index contributed by atoms with van der Waals surface area (Å²) in [7, 11) is 1.56. The van der Waals surface area contributed by atoms with Crippen LogP contribution in [0.4, 0.5) is 5.69 Å². The molecule has 3 aromatic rings. The highest BCUT2D eigenvalue weighted by molar-refractivity contribution is 9.11. The number of phenols is 1. The van der Waals surface area contributed by atoms with Crippen LogP contribution in [0.1, 0.15) is 24.5 Å². The number of methoxy groups -OCH3 is 1. The lowest BCUT2D eigenvalue weighted by Crippen LogP contribution is -2.45. The number of benzene rings is 3. The van der Waals surface area contributed by atoms with Crippen LogP contribution in [-0.4, -0.2) is 49.1 Å². The Morgan fingerprint density at radius 3 is 2.10 bits per heavy atom. The number of aromatic hydroxyl groups is 1. The van der Waals surface area contributed by atoms with Crippen LogP contribution in [0.25, 0.3) is 0 Å². The first-order valence-corrected chi connectivity index (χ1v) is 15.9. The fourth-order valence-electron chi connectivity index (χ4n) is 3.90. The van der Waals surface area contributed by atoms with E-state index in [1.165, 1.54) is 6.92 Å². The molecule has 0 spiro atoms. The maximum absolute atomic E-state index is 13.4. The Hall–Kier alpha value is -2.61. The molecule has 0 aromatic heterocycles. The van der Waals surface area contributed by atoms with Crippen LogP contribution >= 0.6 is 63.7 Å². The molecule has 0 bridgehead atoms. The summed E-state index contributed by atoms with van der Waals surface area (Å²) in [5.74, 6) is 0.428. The molecule has 0 aliphatic carbocycles. The van der Waals surface area contributed by atoms with Gasteiger partial charge in [0, 0.05) is 25.6 Å². The monoisotopic (exact) mass is 831 g/mol. The second-order valence-electron chi connectivity index (χ2n) is 9.20. The smallest absolute Gasteiger partial charge is 0.247 e. The molecule has 0 aliphatic rings. The molecule has 9 nitrogen and oxygen atoms in total. The molecule has 0 radical (unpaired) electrons. The van der Waals surface area contributed by atoms with Crippen molar-refractivity contribution in [2.75, 3.05) is 25.6 Å². The third-order valence-corrected chi connectivity index (χ3v) is 8.28. The molecular weight excluding hydrogens is 806 g/mol. The molecule has 1 atom stereocenters. The summed E-state index contributed by atoms with van der Waals surface area (Å²) in [6.45, 7) is 2.45. The molecule has 4 N–H and O–H groups in total. The van der Waals surface area contributed by atoms with Gasteiger partial charge in [0.2, 0.25) is 17.7 Å². The molecule has 3 rings (SSSR count). The largest absolute Gasteiger partial charge is 0.506 e. The number of carbonyl (C=O) groups is 3. The van der Waals surface area contributed by atoms with Crippen LogP contribution in [0, 0.1) is 0 Å². The quantitative estimate of drug-likeness (QED) is 0.119. The molecule has 3 amide bonds. The number of ether oxygens (including phenoxy) is 2. The summed E-state index contributed by atoms with van der Waals surface area (Å²) in [5, 5.41) is 18.4. The van der Waals surface area contributed by atoms with Crippen molar-refractivity contribution in [2.45, 2.75) is 32.2 Å². The predicted molar refractivity (Wildman–Crippen MR) is 175 cm³/mol. The van der Waals surface area contributed by atoms with Gasteiger partial charge in [-0.2, -0.15) is 0 Å². The van der Waals surface area contributed by atoms with Gasteiger partial charge in [0.25, 0.3) is 0 Å². The third kappa shape index (κ3) is 10.3. The Balaban J connectivity index is 1.71. The normalized spacial score (nSPS) is 11.4. The van der Waals surface area contributed by atoms with Gasteiger partial charge in [-0.3, -0.25) is 14.4 Å². The summed E-state index contributed by atoms with van der Waals surface area (Å²) in [4.78, 5) is 37.5. The van der Waals surface area contributed by atoms with Crippen LogP contribution in [0.2, 0.25) is 0 Å². The Labute approximate surface area is 277 Å². The summed E-state index contributed by atoms with van der Waals surface area (Å²) < 4.78 is 13.3. The van der Waals surface area contributed by atoms with Crippen molar-refractivity contribution in [3.05, 3.63) is 77.5 Å². The van der Waals surface area contributed by atoms with Crippen molar-refractivity contribution < 1.29 is 29.0 Å². The van der Waals surface area contributed by atoms with Crippen molar-refractivity contribution in [1.29, 1.82) is 0 Å². The Kier molecular flexibility index (Phi) is 13.1. The summed E-state index contributed by atoms with van der Waals surface area (Å²) in [6.07, 6.45) is 0.927. The minimum atomic E-state index is -0.915. The van der Waals surface area contributed by atoms with Gasteiger partial charge in [-0.15, -0.1) is 0 Å². The second kappa shape index (κ2) is 16.3. The van der Waals surface area contributed by atoms with E-state index < -0.39 is 11.9 Å². The zero-order valence-electron chi connectivity index (χ0n) is 22.7. The first kappa shape index (κ1) is 33.9. The SMILES string of the molecule is COc1c(Br)cc(C[C@H](NC(=O)Cc2ccc(OCCCNC(C)=O)cc2)C(=O)Nc2cc(Br)c(O)c(Br)c2)cc1Br. The number of halogens is 4. The van der Waals surface area contributed by atoms with E-state index in [2.05, 4.69) is 79.7 Å². The van der Waals surface area contributed by atoms with Gasteiger partial charge in [0.1, 0.15) is 23.3 Å². The lowest BCUT2D eigenvalue weighted by molar-refractivity contribution is -0.126.